The smallest absolute Gasteiger partial charge is 0.287 e. The highest BCUT2D eigenvalue weighted by Crippen LogP contribution is 2.34. The number of halogens is 1. The number of furan rings is 1. The quantitative estimate of drug-likeness (QED) is 0.364. The van der Waals surface area contributed by atoms with Gasteiger partial charge in [-0.25, -0.2) is 8.96 Å². The maximum Gasteiger partial charge on any atom is 0.287 e. The van der Waals surface area contributed by atoms with Crippen LogP contribution in [0.1, 0.15) is 17.0 Å². The number of hydrogen-bond acceptors (Lipinski definition) is 3. The lowest BCUT2D eigenvalue weighted by molar-refractivity contribution is -0.663. The molecule has 2 aromatic carbocycles. The fourth-order valence-electron chi connectivity index (χ4n) is 4.07. The molecule has 0 saturated heterocycles. The Morgan fingerprint density at radius 1 is 0.867 bits per heavy atom. The van der Waals surface area contributed by atoms with E-state index in [4.69, 9.17) is 4.42 Å². The molecule has 148 valence electrons. The summed E-state index contributed by atoms with van der Waals surface area (Å²) in [5.74, 6) is -0.299. The number of fused-ring (bicyclic) bond motifs is 3. The molecule has 0 N–H and O–H groups in total. The number of benzene rings is 2. The molecule has 0 unspecified atom stereocenters. The van der Waals surface area contributed by atoms with E-state index in [0.717, 1.165) is 55.8 Å². The Morgan fingerprint density at radius 2 is 1.60 bits per heavy atom. The predicted octanol–water partition coefficient (Wildman–Crippen LogP) is 5.60. The molecule has 0 spiro atoms. The molecule has 4 nitrogen and oxygen atoms in total. The lowest BCUT2D eigenvalue weighted by Crippen LogP contribution is -2.31. The van der Waals surface area contributed by atoms with Crippen LogP contribution in [0.3, 0.4) is 0 Å². The molecule has 0 aliphatic carbocycles. The molecular formula is C25H21FN3O+. The van der Waals surface area contributed by atoms with Crippen molar-refractivity contribution in [1.29, 1.82) is 0 Å². The normalized spacial score (nSPS) is 11.5. The Balaban J connectivity index is 1.71. The number of rotatable bonds is 2. The van der Waals surface area contributed by atoms with Crippen molar-refractivity contribution >= 4 is 21.9 Å². The lowest BCUT2D eigenvalue weighted by atomic mass is 10.00. The van der Waals surface area contributed by atoms with Gasteiger partial charge in [0.2, 0.25) is 0 Å². The summed E-state index contributed by atoms with van der Waals surface area (Å²) in [5.41, 5.74) is 8.36. The Morgan fingerprint density at radius 3 is 2.37 bits per heavy atom. The summed E-state index contributed by atoms with van der Waals surface area (Å²) < 4.78 is 21.6. The van der Waals surface area contributed by atoms with Crippen molar-refractivity contribution in [2.75, 3.05) is 0 Å². The largest absolute Gasteiger partial charge is 0.456 e. The van der Waals surface area contributed by atoms with Crippen molar-refractivity contribution in [3.8, 4) is 22.5 Å². The van der Waals surface area contributed by atoms with Gasteiger partial charge >= 0.3 is 0 Å². The summed E-state index contributed by atoms with van der Waals surface area (Å²) in [4.78, 5) is 9.08. The second kappa shape index (κ2) is 6.73. The van der Waals surface area contributed by atoms with Gasteiger partial charge in [-0.1, -0.05) is 0 Å². The molecule has 0 bridgehead atoms. The van der Waals surface area contributed by atoms with E-state index in [2.05, 4.69) is 29.0 Å². The highest BCUT2D eigenvalue weighted by Gasteiger charge is 2.18. The Hall–Kier alpha value is -3.60. The van der Waals surface area contributed by atoms with Crippen LogP contribution < -0.4 is 4.57 Å². The zero-order chi connectivity index (χ0) is 21.0. The first-order chi connectivity index (χ1) is 14.4. The average molecular weight is 398 g/mol. The number of aryl methyl sites for hydroxylation is 4. The Bertz CT molecular complexity index is 1430. The SMILES string of the molecule is Cc1cc(-c2cc(-c3cc4oc5cc(F)ccc5c4cc3C)[n+](C)cn2)cc(C)n1. The van der Waals surface area contributed by atoms with E-state index in [-0.39, 0.29) is 5.82 Å². The van der Waals surface area contributed by atoms with E-state index in [1.165, 1.54) is 12.1 Å². The molecule has 5 heteroatoms. The number of nitrogens with zero attached hydrogens (tertiary/aromatic N) is 3. The first kappa shape index (κ1) is 18.4. The standard InChI is InChI=1S/C25H21FN3O/c1-14-7-21-19-6-5-18(26)10-24(19)30-25(21)11-20(14)23-12-22(27-13-29(23)4)17-8-15(2)28-16(3)9-17/h5-13H,1-4H3/q+1. The van der Waals surface area contributed by atoms with Gasteiger partial charge in [0.15, 0.2) is 5.69 Å². The molecule has 0 amide bonds. The van der Waals surface area contributed by atoms with Crippen molar-refractivity contribution in [2.24, 2.45) is 7.05 Å². The van der Waals surface area contributed by atoms with E-state index in [1.807, 2.05) is 50.0 Å². The van der Waals surface area contributed by atoms with Crippen molar-refractivity contribution in [1.82, 2.24) is 9.97 Å². The van der Waals surface area contributed by atoms with Crippen LogP contribution in [0.15, 0.2) is 59.3 Å². The molecular weight excluding hydrogens is 377 g/mol. The van der Waals surface area contributed by atoms with E-state index in [0.29, 0.717) is 5.58 Å². The van der Waals surface area contributed by atoms with Crippen molar-refractivity contribution in [3.05, 3.63) is 77.6 Å². The second-order valence-electron chi connectivity index (χ2n) is 7.81. The van der Waals surface area contributed by atoms with Gasteiger partial charge in [0.1, 0.15) is 22.7 Å². The van der Waals surface area contributed by atoms with Crippen LogP contribution in [0.25, 0.3) is 44.5 Å². The third-order valence-electron chi connectivity index (χ3n) is 5.46. The van der Waals surface area contributed by atoms with Gasteiger partial charge in [0, 0.05) is 45.4 Å². The van der Waals surface area contributed by atoms with E-state index in [1.54, 1.807) is 6.07 Å². The van der Waals surface area contributed by atoms with Gasteiger partial charge in [-0.05, 0) is 67.7 Å². The highest BCUT2D eigenvalue weighted by molar-refractivity contribution is 6.06. The highest BCUT2D eigenvalue weighted by atomic mass is 19.1. The first-order valence-electron chi connectivity index (χ1n) is 9.83. The molecule has 30 heavy (non-hydrogen) atoms. The monoisotopic (exact) mass is 398 g/mol. The molecule has 0 radical (unpaired) electrons. The fraction of sp³-hybridized carbons (Fsp3) is 0.160. The fourth-order valence-corrected chi connectivity index (χ4v) is 4.07. The second-order valence-corrected chi connectivity index (χ2v) is 7.81. The zero-order valence-electron chi connectivity index (χ0n) is 17.3. The van der Waals surface area contributed by atoms with Crippen molar-refractivity contribution in [3.63, 3.8) is 0 Å². The van der Waals surface area contributed by atoms with Crippen LogP contribution in [0.2, 0.25) is 0 Å². The number of hydrogen-bond donors (Lipinski definition) is 0. The minimum atomic E-state index is -0.299. The van der Waals surface area contributed by atoms with Crippen LogP contribution in [0, 0.1) is 26.6 Å². The predicted molar refractivity (Wildman–Crippen MR) is 116 cm³/mol. The Kier molecular flexibility index (Phi) is 4.13. The summed E-state index contributed by atoms with van der Waals surface area (Å²) in [6.45, 7) is 6.06. The molecule has 3 heterocycles. The minimum Gasteiger partial charge on any atom is -0.456 e. The van der Waals surface area contributed by atoms with Gasteiger partial charge in [-0.3, -0.25) is 4.98 Å². The Labute approximate surface area is 173 Å². The summed E-state index contributed by atoms with van der Waals surface area (Å²) in [6.07, 6.45) is 1.83. The summed E-state index contributed by atoms with van der Waals surface area (Å²) >= 11 is 0. The van der Waals surface area contributed by atoms with Crippen LogP contribution in [-0.2, 0) is 7.05 Å². The lowest BCUT2D eigenvalue weighted by Gasteiger charge is -2.08. The summed E-state index contributed by atoms with van der Waals surface area (Å²) in [5, 5.41) is 1.91. The minimum absolute atomic E-state index is 0.299. The molecule has 5 rings (SSSR count). The first-order valence-corrected chi connectivity index (χ1v) is 9.83. The van der Waals surface area contributed by atoms with Crippen LogP contribution >= 0.6 is 0 Å². The van der Waals surface area contributed by atoms with Crippen LogP contribution in [-0.4, -0.2) is 9.97 Å². The summed E-state index contributed by atoms with van der Waals surface area (Å²) in [7, 11) is 1.98. The van der Waals surface area contributed by atoms with E-state index < -0.39 is 0 Å². The molecule has 0 aliphatic heterocycles. The third-order valence-corrected chi connectivity index (χ3v) is 5.46. The van der Waals surface area contributed by atoms with Crippen molar-refractivity contribution < 1.29 is 13.4 Å². The van der Waals surface area contributed by atoms with Crippen molar-refractivity contribution in [2.45, 2.75) is 20.8 Å². The van der Waals surface area contributed by atoms with Gasteiger partial charge in [0.05, 0.1) is 7.05 Å². The maximum atomic E-state index is 13.6. The molecule has 5 aromatic rings. The van der Waals surface area contributed by atoms with E-state index >= 15 is 0 Å². The van der Waals surface area contributed by atoms with Crippen LogP contribution in [0.4, 0.5) is 4.39 Å². The zero-order valence-corrected chi connectivity index (χ0v) is 17.3. The van der Waals surface area contributed by atoms with Gasteiger partial charge in [-0.15, -0.1) is 0 Å². The van der Waals surface area contributed by atoms with Crippen LogP contribution in [0.5, 0.6) is 0 Å². The molecule has 0 aliphatic rings. The molecule has 0 atom stereocenters. The average Bonchev–Trinajstić information content (AvgIpc) is 3.03. The molecule has 3 aromatic heterocycles. The topological polar surface area (TPSA) is 42.8 Å². The molecule has 0 saturated carbocycles. The molecule has 0 fully saturated rings. The van der Waals surface area contributed by atoms with E-state index in [9.17, 15) is 4.39 Å². The maximum absolute atomic E-state index is 13.6. The van der Waals surface area contributed by atoms with Gasteiger partial charge < -0.3 is 4.42 Å². The number of pyridine rings is 1. The van der Waals surface area contributed by atoms with Gasteiger partial charge in [-0.2, -0.15) is 0 Å². The third kappa shape index (κ3) is 3.03. The number of aromatic nitrogens is 3. The summed E-state index contributed by atoms with van der Waals surface area (Å²) in [6, 6.07) is 15.0. The van der Waals surface area contributed by atoms with Gasteiger partial charge in [0.25, 0.3) is 6.33 Å².